The Hall–Kier alpha value is -1.28. The highest BCUT2D eigenvalue weighted by molar-refractivity contribution is 4.58. The van der Waals surface area contributed by atoms with Gasteiger partial charge in [-0.2, -0.15) is 0 Å². The highest BCUT2D eigenvalue weighted by Gasteiger charge is 2.07. The summed E-state index contributed by atoms with van der Waals surface area (Å²) in [5, 5.41) is 25.6. The topological polar surface area (TPSA) is 106 Å². The molecule has 18 heavy (non-hydrogen) atoms. The minimum absolute atomic E-state index is 0.0931. The van der Waals surface area contributed by atoms with Gasteiger partial charge in [-0.05, 0) is 25.7 Å². The number of unbranched alkanes of at least 4 members (excludes halogenated alkanes) is 2. The molecule has 0 atom stereocenters. The number of aliphatic hydroxyl groups is 2. The van der Waals surface area contributed by atoms with Crippen molar-refractivity contribution in [3.8, 4) is 0 Å². The number of aliphatic hydroxyl groups excluding tert-OH is 2. The van der Waals surface area contributed by atoms with Crippen molar-refractivity contribution in [2.75, 3.05) is 39.4 Å². The molecule has 0 aromatic rings. The van der Waals surface area contributed by atoms with Gasteiger partial charge in [-0.3, -0.25) is 10.0 Å². The van der Waals surface area contributed by atoms with Gasteiger partial charge in [0.25, 0.3) is 0 Å². The summed E-state index contributed by atoms with van der Waals surface area (Å²) >= 11 is 0. The SMILES string of the molecule is O=NN(CCCCO)CCN(CCCCO)N=O. The Bertz CT molecular complexity index is 196. The van der Waals surface area contributed by atoms with E-state index in [0.717, 1.165) is 0 Å². The van der Waals surface area contributed by atoms with Crippen molar-refractivity contribution in [1.29, 1.82) is 0 Å². The Labute approximate surface area is 106 Å². The smallest absolute Gasteiger partial charge is 0.0586 e. The lowest BCUT2D eigenvalue weighted by atomic mass is 10.3. The first-order valence-corrected chi connectivity index (χ1v) is 6.16. The van der Waals surface area contributed by atoms with Gasteiger partial charge >= 0.3 is 0 Å². The molecule has 0 aliphatic rings. The summed E-state index contributed by atoms with van der Waals surface area (Å²) in [7, 11) is 0. The van der Waals surface area contributed by atoms with E-state index >= 15 is 0 Å². The van der Waals surface area contributed by atoms with Crippen molar-refractivity contribution in [3.63, 3.8) is 0 Å². The molecule has 106 valence electrons. The van der Waals surface area contributed by atoms with Crippen molar-refractivity contribution in [2.45, 2.75) is 25.7 Å². The predicted molar refractivity (Wildman–Crippen MR) is 67.4 cm³/mol. The normalized spacial score (nSPS) is 10.1. The van der Waals surface area contributed by atoms with Crippen LogP contribution in [-0.4, -0.2) is 59.6 Å². The summed E-state index contributed by atoms with van der Waals surface area (Å²) in [5.41, 5.74) is 0. The molecule has 8 heteroatoms. The molecular formula is C10H22N4O4. The second-order valence-corrected chi connectivity index (χ2v) is 3.93. The molecule has 2 N–H and O–H groups in total. The Balaban J connectivity index is 3.77. The second-order valence-electron chi connectivity index (χ2n) is 3.93. The summed E-state index contributed by atoms with van der Waals surface area (Å²) in [6.07, 6.45) is 2.61. The highest BCUT2D eigenvalue weighted by atomic mass is 16.3. The van der Waals surface area contributed by atoms with E-state index in [-0.39, 0.29) is 13.2 Å². The molecule has 0 saturated carbocycles. The van der Waals surface area contributed by atoms with Gasteiger partial charge in [-0.1, -0.05) is 0 Å². The summed E-state index contributed by atoms with van der Waals surface area (Å²) in [5.74, 6) is 0. The minimum atomic E-state index is 0.0931. The largest absolute Gasteiger partial charge is 0.396 e. The third-order valence-electron chi connectivity index (χ3n) is 2.50. The molecule has 0 bridgehead atoms. The lowest BCUT2D eigenvalue weighted by molar-refractivity contribution is 0.194. The molecule has 0 aromatic carbocycles. The van der Waals surface area contributed by atoms with Crippen molar-refractivity contribution in [1.82, 2.24) is 10.0 Å². The van der Waals surface area contributed by atoms with E-state index in [1.165, 1.54) is 10.0 Å². The van der Waals surface area contributed by atoms with Crippen LogP contribution in [0.3, 0.4) is 0 Å². The fraction of sp³-hybridized carbons (Fsp3) is 1.00. The number of nitroso groups, excluding NO2 is 2. The van der Waals surface area contributed by atoms with Gasteiger partial charge in [-0.25, -0.2) is 0 Å². The number of hydrogen-bond acceptors (Lipinski definition) is 6. The average molecular weight is 262 g/mol. The first-order valence-electron chi connectivity index (χ1n) is 6.16. The summed E-state index contributed by atoms with van der Waals surface area (Å²) in [6.45, 7) is 1.78. The maximum Gasteiger partial charge on any atom is 0.0586 e. The van der Waals surface area contributed by atoms with E-state index < -0.39 is 0 Å². The maximum absolute atomic E-state index is 10.5. The van der Waals surface area contributed by atoms with E-state index in [1.54, 1.807) is 0 Å². The molecule has 0 radical (unpaired) electrons. The second kappa shape index (κ2) is 12.2. The van der Waals surface area contributed by atoms with E-state index in [9.17, 15) is 9.81 Å². The van der Waals surface area contributed by atoms with Crippen molar-refractivity contribution in [3.05, 3.63) is 9.81 Å². The zero-order valence-electron chi connectivity index (χ0n) is 10.6. The molecule has 0 unspecified atom stereocenters. The predicted octanol–water partition coefficient (Wildman–Crippen LogP) is 0.498. The molecule has 0 heterocycles. The van der Waals surface area contributed by atoms with Gasteiger partial charge < -0.3 is 10.2 Å². The van der Waals surface area contributed by atoms with E-state index in [2.05, 4.69) is 10.6 Å². The average Bonchev–Trinajstić information content (AvgIpc) is 2.40. The molecular weight excluding hydrogens is 240 g/mol. The standard InChI is InChI=1S/C10H22N4O4/c15-9-3-1-5-13(11-17)7-8-14(12-18)6-2-4-10-16/h15-16H,1-10H2. The van der Waals surface area contributed by atoms with Crippen molar-refractivity contribution < 1.29 is 10.2 Å². The molecule has 0 fully saturated rings. The minimum Gasteiger partial charge on any atom is -0.396 e. The Kier molecular flexibility index (Phi) is 11.3. The molecule has 0 aliphatic carbocycles. The Morgan fingerprint density at radius 1 is 0.667 bits per heavy atom. The zero-order chi connectivity index (χ0) is 13.6. The Morgan fingerprint density at radius 3 is 1.33 bits per heavy atom. The lowest BCUT2D eigenvalue weighted by Gasteiger charge is -2.19. The van der Waals surface area contributed by atoms with Crippen LogP contribution in [0.4, 0.5) is 0 Å². The zero-order valence-corrected chi connectivity index (χ0v) is 10.6. The molecule has 0 aromatic heterocycles. The van der Waals surface area contributed by atoms with Crippen molar-refractivity contribution >= 4 is 0 Å². The third kappa shape index (κ3) is 8.82. The molecule has 8 nitrogen and oxygen atoms in total. The van der Waals surface area contributed by atoms with Crippen LogP contribution in [0.1, 0.15) is 25.7 Å². The van der Waals surface area contributed by atoms with Crippen LogP contribution in [-0.2, 0) is 0 Å². The maximum atomic E-state index is 10.5. The van der Waals surface area contributed by atoms with Crippen molar-refractivity contribution in [2.24, 2.45) is 10.6 Å². The van der Waals surface area contributed by atoms with Gasteiger partial charge in [0.2, 0.25) is 0 Å². The first-order chi connectivity index (χ1) is 8.78. The molecule has 0 saturated heterocycles. The van der Waals surface area contributed by atoms with Crippen LogP contribution >= 0.6 is 0 Å². The molecule has 0 amide bonds. The van der Waals surface area contributed by atoms with Crippen LogP contribution in [0.5, 0.6) is 0 Å². The fourth-order valence-electron chi connectivity index (χ4n) is 1.43. The van der Waals surface area contributed by atoms with Gasteiger partial charge in [0, 0.05) is 26.3 Å². The monoisotopic (exact) mass is 262 g/mol. The molecule has 0 rings (SSSR count). The fourth-order valence-corrected chi connectivity index (χ4v) is 1.43. The molecule has 0 spiro atoms. The summed E-state index contributed by atoms with van der Waals surface area (Å²) in [4.78, 5) is 21.0. The quantitative estimate of drug-likeness (QED) is 0.284. The summed E-state index contributed by atoms with van der Waals surface area (Å²) in [6, 6.07) is 0. The van der Waals surface area contributed by atoms with E-state index in [4.69, 9.17) is 10.2 Å². The van der Waals surface area contributed by atoms with Gasteiger partial charge in [-0.15, -0.1) is 9.81 Å². The third-order valence-corrected chi connectivity index (χ3v) is 2.50. The van der Waals surface area contributed by atoms with E-state index in [0.29, 0.717) is 51.9 Å². The summed E-state index contributed by atoms with van der Waals surface area (Å²) < 4.78 is 0. The number of rotatable bonds is 13. The lowest BCUT2D eigenvalue weighted by Crippen LogP contribution is -2.30. The van der Waals surface area contributed by atoms with Gasteiger partial charge in [0.15, 0.2) is 0 Å². The van der Waals surface area contributed by atoms with E-state index in [1.807, 2.05) is 0 Å². The van der Waals surface area contributed by atoms with Crippen LogP contribution in [0.25, 0.3) is 0 Å². The van der Waals surface area contributed by atoms with Gasteiger partial charge in [0.05, 0.1) is 23.7 Å². The van der Waals surface area contributed by atoms with Crippen LogP contribution in [0.15, 0.2) is 10.6 Å². The highest BCUT2D eigenvalue weighted by Crippen LogP contribution is 1.99. The first kappa shape index (κ1) is 16.7. The molecule has 0 aliphatic heterocycles. The van der Waals surface area contributed by atoms with Gasteiger partial charge in [0.1, 0.15) is 0 Å². The van der Waals surface area contributed by atoms with Crippen LogP contribution < -0.4 is 0 Å². The number of nitrogens with zero attached hydrogens (tertiary/aromatic N) is 4. The van der Waals surface area contributed by atoms with Crippen LogP contribution in [0, 0.1) is 9.81 Å². The van der Waals surface area contributed by atoms with Crippen LogP contribution in [0.2, 0.25) is 0 Å². The Morgan fingerprint density at radius 2 is 1.06 bits per heavy atom. The number of hydrogen-bond donors (Lipinski definition) is 2.